The molecule has 25 heavy (non-hydrogen) atoms. The standard InChI is InChI=1S/C19H19F2NO3/c20-19(21)9-8-14(18(19)25)17(15(22)10-16(23)24)13-7-3-5-11-4-1-2-6-12(11)13/h1-9,14-15,17-18,25H,10,22H2,(H,23,24)/t14-,15?,17?,18-/m1/s1. The first-order chi connectivity index (χ1) is 11.8. The third-order valence-corrected chi connectivity index (χ3v) is 4.77. The van der Waals surface area contributed by atoms with Gasteiger partial charge in [0.15, 0.2) is 0 Å². The molecule has 132 valence electrons. The van der Waals surface area contributed by atoms with E-state index in [1.807, 2.05) is 30.3 Å². The van der Waals surface area contributed by atoms with E-state index in [0.29, 0.717) is 11.6 Å². The van der Waals surface area contributed by atoms with Crippen molar-refractivity contribution in [3.05, 3.63) is 60.2 Å². The zero-order valence-electron chi connectivity index (χ0n) is 13.3. The van der Waals surface area contributed by atoms with Crippen molar-refractivity contribution >= 4 is 16.7 Å². The second-order valence-corrected chi connectivity index (χ2v) is 6.41. The molecule has 0 aromatic heterocycles. The van der Waals surface area contributed by atoms with E-state index in [2.05, 4.69) is 0 Å². The Bertz CT molecular complexity index is 816. The monoisotopic (exact) mass is 347 g/mol. The Hall–Kier alpha value is -2.31. The lowest BCUT2D eigenvalue weighted by atomic mass is 9.76. The molecule has 2 aromatic rings. The maximum absolute atomic E-state index is 13.8. The normalized spacial score (nSPS) is 24.3. The number of aliphatic hydroxyl groups excluding tert-OH is 1. The Morgan fingerprint density at radius 2 is 1.88 bits per heavy atom. The Balaban J connectivity index is 2.11. The molecule has 0 amide bonds. The Labute approximate surface area is 143 Å². The van der Waals surface area contributed by atoms with E-state index in [0.717, 1.165) is 10.8 Å². The van der Waals surface area contributed by atoms with Gasteiger partial charge in [-0.2, -0.15) is 8.78 Å². The van der Waals surface area contributed by atoms with E-state index >= 15 is 0 Å². The van der Waals surface area contributed by atoms with Gasteiger partial charge in [-0.15, -0.1) is 0 Å². The fraction of sp³-hybridized carbons (Fsp3) is 0.316. The van der Waals surface area contributed by atoms with Crippen LogP contribution >= 0.6 is 0 Å². The topological polar surface area (TPSA) is 83.6 Å². The van der Waals surface area contributed by atoms with Gasteiger partial charge in [-0.25, -0.2) is 0 Å². The predicted molar refractivity (Wildman–Crippen MR) is 90.5 cm³/mol. The molecule has 0 heterocycles. The summed E-state index contributed by atoms with van der Waals surface area (Å²) in [6.07, 6.45) is -0.389. The van der Waals surface area contributed by atoms with Gasteiger partial charge < -0.3 is 15.9 Å². The first-order valence-electron chi connectivity index (χ1n) is 8.01. The Morgan fingerprint density at radius 3 is 2.52 bits per heavy atom. The van der Waals surface area contributed by atoms with Crippen molar-refractivity contribution in [1.82, 2.24) is 0 Å². The van der Waals surface area contributed by atoms with Crippen molar-refractivity contribution in [2.75, 3.05) is 0 Å². The fourth-order valence-electron chi connectivity index (χ4n) is 3.61. The van der Waals surface area contributed by atoms with Crippen molar-refractivity contribution < 1.29 is 23.8 Å². The molecule has 2 aromatic carbocycles. The molecular formula is C19H19F2NO3. The Morgan fingerprint density at radius 1 is 1.20 bits per heavy atom. The summed E-state index contributed by atoms with van der Waals surface area (Å²) in [5, 5.41) is 20.9. The van der Waals surface area contributed by atoms with E-state index in [1.54, 1.807) is 12.1 Å². The highest BCUT2D eigenvalue weighted by Gasteiger charge is 2.49. The van der Waals surface area contributed by atoms with Gasteiger partial charge in [0.25, 0.3) is 5.92 Å². The number of hydrogen-bond donors (Lipinski definition) is 3. The molecule has 3 rings (SSSR count). The lowest BCUT2D eigenvalue weighted by Gasteiger charge is -2.32. The molecule has 0 saturated heterocycles. The van der Waals surface area contributed by atoms with Crippen LogP contribution in [0.3, 0.4) is 0 Å². The number of benzene rings is 2. The van der Waals surface area contributed by atoms with Crippen LogP contribution in [0.1, 0.15) is 17.9 Å². The highest BCUT2D eigenvalue weighted by molar-refractivity contribution is 5.86. The van der Waals surface area contributed by atoms with Gasteiger partial charge in [0.1, 0.15) is 6.10 Å². The quantitative estimate of drug-likeness (QED) is 0.726. The van der Waals surface area contributed by atoms with Crippen LogP contribution in [-0.4, -0.2) is 34.3 Å². The van der Waals surface area contributed by atoms with Crippen LogP contribution in [0.2, 0.25) is 0 Å². The van der Waals surface area contributed by atoms with Crippen molar-refractivity contribution in [3.8, 4) is 0 Å². The summed E-state index contributed by atoms with van der Waals surface area (Å²) in [6, 6.07) is 11.9. The lowest BCUT2D eigenvalue weighted by Crippen LogP contribution is -2.42. The van der Waals surface area contributed by atoms with Gasteiger partial charge in [0.2, 0.25) is 0 Å². The van der Waals surface area contributed by atoms with Crippen molar-refractivity contribution in [1.29, 1.82) is 0 Å². The summed E-state index contributed by atoms with van der Waals surface area (Å²) in [7, 11) is 0. The molecule has 4 N–H and O–H groups in total. The molecule has 1 aliphatic carbocycles. The smallest absolute Gasteiger partial charge is 0.304 e. The van der Waals surface area contributed by atoms with Crippen LogP contribution in [0, 0.1) is 5.92 Å². The van der Waals surface area contributed by atoms with E-state index in [1.165, 1.54) is 6.08 Å². The summed E-state index contributed by atoms with van der Waals surface area (Å²) in [6.45, 7) is 0. The first-order valence-corrected chi connectivity index (χ1v) is 8.01. The summed E-state index contributed by atoms with van der Waals surface area (Å²) in [4.78, 5) is 11.1. The molecule has 6 heteroatoms. The van der Waals surface area contributed by atoms with E-state index < -0.39 is 35.9 Å². The van der Waals surface area contributed by atoms with Crippen LogP contribution in [0.25, 0.3) is 10.8 Å². The van der Waals surface area contributed by atoms with E-state index in [4.69, 9.17) is 10.8 Å². The molecule has 0 bridgehead atoms. The van der Waals surface area contributed by atoms with Gasteiger partial charge >= 0.3 is 5.97 Å². The first kappa shape index (κ1) is 17.5. The molecule has 4 atom stereocenters. The van der Waals surface area contributed by atoms with Gasteiger partial charge in [0, 0.05) is 17.9 Å². The zero-order valence-corrected chi connectivity index (χ0v) is 13.3. The van der Waals surface area contributed by atoms with Crippen LogP contribution < -0.4 is 5.73 Å². The second kappa shape index (κ2) is 6.54. The summed E-state index contributed by atoms with van der Waals surface area (Å²) in [5.74, 6) is -6.17. The molecule has 0 radical (unpaired) electrons. The molecule has 0 spiro atoms. The predicted octanol–water partition coefficient (Wildman–Crippen LogP) is 2.91. The molecule has 0 fully saturated rings. The zero-order chi connectivity index (χ0) is 18.2. The molecule has 4 nitrogen and oxygen atoms in total. The van der Waals surface area contributed by atoms with Crippen molar-refractivity contribution in [2.45, 2.75) is 30.4 Å². The van der Waals surface area contributed by atoms with Crippen molar-refractivity contribution in [2.24, 2.45) is 11.7 Å². The van der Waals surface area contributed by atoms with Gasteiger partial charge in [-0.3, -0.25) is 4.79 Å². The number of aliphatic carboxylic acids is 1. The SMILES string of the molecule is NC(CC(=O)O)C(c1cccc2ccccc12)[C@H]1C=CC(F)(F)[C@@H]1O. The molecule has 0 saturated carbocycles. The number of alkyl halides is 2. The minimum absolute atomic E-state index is 0.378. The number of nitrogens with two attached hydrogens (primary N) is 1. The average Bonchev–Trinajstić information content (AvgIpc) is 2.82. The highest BCUT2D eigenvalue weighted by Crippen LogP contribution is 2.44. The maximum Gasteiger partial charge on any atom is 0.304 e. The molecule has 0 aliphatic heterocycles. The number of halogens is 2. The molecule has 2 unspecified atom stereocenters. The van der Waals surface area contributed by atoms with Gasteiger partial charge in [-0.1, -0.05) is 48.5 Å². The van der Waals surface area contributed by atoms with Crippen LogP contribution in [0.15, 0.2) is 54.6 Å². The number of carbonyl (C=O) groups is 1. The van der Waals surface area contributed by atoms with Crippen LogP contribution in [0.4, 0.5) is 8.78 Å². The lowest BCUT2D eigenvalue weighted by molar-refractivity contribution is -0.137. The number of carboxylic acids is 1. The average molecular weight is 347 g/mol. The summed E-state index contributed by atoms with van der Waals surface area (Å²) >= 11 is 0. The van der Waals surface area contributed by atoms with Crippen molar-refractivity contribution in [3.63, 3.8) is 0 Å². The number of fused-ring (bicyclic) bond motifs is 1. The van der Waals surface area contributed by atoms with E-state index in [9.17, 15) is 18.7 Å². The maximum atomic E-state index is 13.8. The van der Waals surface area contributed by atoms with Gasteiger partial charge in [0.05, 0.1) is 6.42 Å². The fourth-order valence-corrected chi connectivity index (χ4v) is 3.61. The van der Waals surface area contributed by atoms with Crippen LogP contribution in [-0.2, 0) is 4.79 Å². The van der Waals surface area contributed by atoms with Crippen LogP contribution in [0.5, 0.6) is 0 Å². The number of carboxylic acid groups (broad SMARTS) is 1. The van der Waals surface area contributed by atoms with E-state index in [-0.39, 0.29) is 6.42 Å². The molecular weight excluding hydrogens is 328 g/mol. The molecule has 1 aliphatic rings. The third-order valence-electron chi connectivity index (χ3n) is 4.77. The minimum atomic E-state index is -3.35. The van der Waals surface area contributed by atoms with Gasteiger partial charge in [-0.05, 0) is 22.4 Å². The Kier molecular flexibility index (Phi) is 4.58. The number of hydrogen-bond acceptors (Lipinski definition) is 3. The second-order valence-electron chi connectivity index (χ2n) is 6.41. The summed E-state index contributed by atoms with van der Waals surface area (Å²) < 4.78 is 27.6. The largest absolute Gasteiger partial charge is 0.481 e. The number of aliphatic hydroxyl groups is 1. The number of rotatable bonds is 5. The minimum Gasteiger partial charge on any atom is -0.481 e. The third kappa shape index (κ3) is 3.27. The highest BCUT2D eigenvalue weighted by atomic mass is 19.3. The summed E-state index contributed by atoms with van der Waals surface area (Å²) in [5.41, 5.74) is 6.77.